The van der Waals surface area contributed by atoms with Crippen molar-refractivity contribution in [2.45, 2.75) is 76.4 Å². The maximum absolute atomic E-state index is 12.3. The van der Waals surface area contributed by atoms with E-state index in [2.05, 4.69) is 29.3 Å². The molecule has 1 saturated carbocycles. The fraction of sp³-hybridized carbons (Fsp3) is 0.708. The Labute approximate surface area is 180 Å². The molecule has 1 amide bonds. The molecule has 2 atom stereocenters. The Bertz CT molecular complexity index is 696. The molecule has 4 rings (SSSR count). The van der Waals surface area contributed by atoms with Crippen LogP contribution in [-0.2, 0) is 16.0 Å². The highest BCUT2D eigenvalue weighted by Crippen LogP contribution is 2.30. The Balaban J connectivity index is 1.19. The van der Waals surface area contributed by atoms with Crippen molar-refractivity contribution in [3.05, 3.63) is 34.3 Å². The summed E-state index contributed by atoms with van der Waals surface area (Å²) in [6.07, 6.45) is 8.79. The first kappa shape index (κ1) is 21.1. The molecule has 0 bridgehead atoms. The molecule has 0 unspecified atom stereocenters. The van der Waals surface area contributed by atoms with Crippen molar-refractivity contribution in [2.24, 2.45) is 5.92 Å². The molecule has 0 radical (unpaired) electrons. The summed E-state index contributed by atoms with van der Waals surface area (Å²) in [5, 5.41) is 4.08. The number of carbonyl (C=O) groups is 1. The van der Waals surface area contributed by atoms with Gasteiger partial charge in [-0.3, -0.25) is 4.79 Å². The summed E-state index contributed by atoms with van der Waals surface area (Å²) in [6, 6.07) is 6.75. The summed E-state index contributed by atoms with van der Waals surface area (Å²) in [6.45, 7) is 6.52. The van der Waals surface area contributed by atoms with Crippen LogP contribution >= 0.6 is 11.6 Å². The van der Waals surface area contributed by atoms with E-state index in [4.69, 9.17) is 16.3 Å². The normalized spacial score (nSPS) is 30.6. The first-order chi connectivity index (χ1) is 14.1. The number of ether oxygens (including phenoxy) is 1. The lowest BCUT2D eigenvalue weighted by Gasteiger charge is -2.31. The maximum atomic E-state index is 12.3. The number of nitrogens with one attached hydrogen (secondary N) is 1. The van der Waals surface area contributed by atoms with E-state index in [-0.39, 0.29) is 12.0 Å². The van der Waals surface area contributed by atoms with Crippen LogP contribution in [0.1, 0.15) is 68.9 Å². The largest absolute Gasteiger partial charge is 0.368 e. The Hall–Kier alpha value is -1.10. The monoisotopic (exact) mass is 418 g/mol. The van der Waals surface area contributed by atoms with Crippen molar-refractivity contribution in [1.82, 2.24) is 10.2 Å². The Kier molecular flexibility index (Phi) is 7.15. The zero-order valence-electron chi connectivity index (χ0n) is 17.7. The molecule has 160 valence electrons. The number of hydrogen-bond acceptors (Lipinski definition) is 3. The smallest absolute Gasteiger partial charge is 0.249 e. The number of hydrogen-bond donors (Lipinski definition) is 1. The number of rotatable bonds is 5. The van der Waals surface area contributed by atoms with Gasteiger partial charge in [-0.05, 0) is 93.0 Å². The van der Waals surface area contributed by atoms with Gasteiger partial charge in [0.2, 0.25) is 5.91 Å². The van der Waals surface area contributed by atoms with Crippen molar-refractivity contribution in [3.63, 3.8) is 0 Å². The molecular formula is C24H35ClN2O2. The molecule has 2 aliphatic heterocycles. The summed E-state index contributed by atoms with van der Waals surface area (Å²) in [7, 11) is 0. The molecule has 5 heteroatoms. The van der Waals surface area contributed by atoms with Gasteiger partial charge < -0.3 is 15.0 Å². The summed E-state index contributed by atoms with van der Waals surface area (Å²) in [4.78, 5) is 14.9. The SMILES string of the molecule is C[C@H]1CN(CCC2CCC(NC(=O)[C@@H]3CCCO3)CC2)CCc2ccc(Cl)cc21. The van der Waals surface area contributed by atoms with Crippen LogP contribution in [0.3, 0.4) is 0 Å². The van der Waals surface area contributed by atoms with Crippen LogP contribution < -0.4 is 5.32 Å². The topological polar surface area (TPSA) is 41.6 Å². The summed E-state index contributed by atoms with van der Waals surface area (Å²) in [5.74, 6) is 1.44. The molecule has 2 fully saturated rings. The fourth-order valence-corrected chi connectivity index (χ4v) is 5.53. The van der Waals surface area contributed by atoms with Crippen molar-refractivity contribution in [2.75, 3.05) is 26.2 Å². The molecule has 4 nitrogen and oxygen atoms in total. The highest BCUT2D eigenvalue weighted by molar-refractivity contribution is 6.30. The molecule has 1 saturated heterocycles. The molecule has 0 aromatic heterocycles. The van der Waals surface area contributed by atoms with E-state index >= 15 is 0 Å². The van der Waals surface area contributed by atoms with Crippen LogP contribution in [0.15, 0.2) is 18.2 Å². The molecule has 0 spiro atoms. The highest BCUT2D eigenvalue weighted by atomic mass is 35.5. The molecule has 2 heterocycles. The van der Waals surface area contributed by atoms with Gasteiger partial charge in [0, 0.05) is 30.8 Å². The number of carbonyl (C=O) groups excluding carboxylic acids is 1. The van der Waals surface area contributed by atoms with Crippen LogP contribution in [-0.4, -0.2) is 49.2 Å². The second kappa shape index (κ2) is 9.80. The zero-order chi connectivity index (χ0) is 20.2. The summed E-state index contributed by atoms with van der Waals surface area (Å²) < 4.78 is 5.51. The van der Waals surface area contributed by atoms with Crippen molar-refractivity contribution >= 4 is 17.5 Å². The zero-order valence-corrected chi connectivity index (χ0v) is 18.4. The van der Waals surface area contributed by atoms with Crippen LogP contribution in [0.2, 0.25) is 5.02 Å². The van der Waals surface area contributed by atoms with Gasteiger partial charge in [-0.15, -0.1) is 0 Å². The van der Waals surface area contributed by atoms with Gasteiger partial charge in [0.05, 0.1) is 0 Å². The van der Waals surface area contributed by atoms with Gasteiger partial charge in [0.15, 0.2) is 0 Å². The van der Waals surface area contributed by atoms with Gasteiger partial charge in [-0.25, -0.2) is 0 Å². The molecule has 3 aliphatic rings. The average molecular weight is 419 g/mol. The van der Waals surface area contributed by atoms with Crippen LogP contribution in [0.4, 0.5) is 0 Å². The lowest BCUT2D eigenvalue weighted by atomic mass is 9.84. The average Bonchev–Trinajstić information content (AvgIpc) is 3.21. The van der Waals surface area contributed by atoms with Gasteiger partial charge in [-0.2, -0.15) is 0 Å². The van der Waals surface area contributed by atoms with E-state index in [1.54, 1.807) is 0 Å². The quantitative estimate of drug-likeness (QED) is 0.762. The third kappa shape index (κ3) is 5.53. The van der Waals surface area contributed by atoms with E-state index < -0.39 is 0 Å². The van der Waals surface area contributed by atoms with E-state index in [1.807, 2.05) is 6.07 Å². The Morgan fingerprint density at radius 3 is 2.83 bits per heavy atom. The van der Waals surface area contributed by atoms with E-state index in [0.717, 1.165) is 62.7 Å². The van der Waals surface area contributed by atoms with Crippen LogP contribution in [0.5, 0.6) is 0 Å². The van der Waals surface area contributed by atoms with Gasteiger partial charge >= 0.3 is 0 Å². The summed E-state index contributed by atoms with van der Waals surface area (Å²) >= 11 is 6.23. The van der Waals surface area contributed by atoms with Crippen molar-refractivity contribution in [3.8, 4) is 0 Å². The molecule has 1 N–H and O–H groups in total. The number of fused-ring (bicyclic) bond motifs is 1. The number of halogens is 1. The lowest BCUT2D eigenvalue weighted by Crippen LogP contribution is -2.43. The molecule has 29 heavy (non-hydrogen) atoms. The number of benzene rings is 1. The standard InChI is InChI=1S/C24H35ClN2O2/c1-17-16-27(13-11-19-6-7-20(25)15-22(17)19)12-10-18-4-8-21(9-5-18)26-24(28)23-3-2-14-29-23/h6-7,15,17-18,21,23H,2-5,8-14,16H2,1H3,(H,26,28)/t17-,18?,21?,23-/m0/s1. The lowest BCUT2D eigenvalue weighted by molar-refractivity contribution is -0.131. The van der Waals surface area contributed by atoms with E-state index in [0.29, 0.717) is 12.0 Å². The molecule has 1 aliphatic carbocycles. The second-order valence-corrected chi connectivity index (χ2v) is 9.75. The highest BCUT2D eigenvalue weighted by Gasteiger charge is 2.28. The van der Waals surface area contributed by atoms with Crippen molar-refractivity contribution in [1.29, 1.82) is 0 Å². The second-order valence-electron chi connectivity index (χ2n) is 9.31. The van der Waals surface area contributed by atoms with Gasteiger partial charge in [0.1, 0.15) is 6.10 Å². The molecular weight excluding hydrogens is 384 g/mol. The fourth-order valence-electron chi connectivity index (χ4n) is 5.35. The maximum Gasteiger partial charge on any atom is 0.249 e. The van der Waals surface area contributed by atoms with Crippen LogP contribution in [0.25, 0.3) is 0 Å². The number of amides is 1. The minimum Gasteiger partial charge on any atom is -0.368 e. The van der Waals surface area contributed by atoms with E-state index in [9.17, 15) is 4.79 Å². The van der Waals surface area contributed by atoms with Crippen molar-refractivity contribution < 1.29 is 9.53 Å². The Morgan fingerprint density at radius 2 is 2.07 bits per heavy atom. The van der Waals surface area contributed by atoms with E-state index in [1.165, 1.54) is 36.9 Å². The Morgan fingerprint density at radius 1 is 1.24 bits per heavy atom. The third-order valence-corrected chi connectivity index (χ3v) is 7.37. The first-order valence-electron chi connectivity index (χ1n) is 11.5. The van der Waals surface area contributed by atoms with Crippen LogP contribution in [0, 0.1) is 5.92 Å². The van der Waals surface area contributed by atoms with Gasteiger partial charge in [0.25, 0.3) is 0 Å². The minimum absolute atomic E-state index is 0.115. The first-order valence-corrected chi connectivity index (χ1v) is 11.9. The molecule has 1 aromatic rings. The third-order valence-electron chi connectivity index (χ3n) is 7.14. The number of nitrogens with zero attached hydrogens (tertiary/aromatic N) is 1. The molecule has 1 aromatic carbocycles. The van der Waals surface area contributed by atoms with Gasteiger partial charge in [-0.1, -0.05) is 24.6 Å². The predicted octanol–water partition coefficient (Wildman–Crippen LogP) is 4.55. The summed E-state index contributed by atoms with van der Waals surface area (Å²) in [5.41, 5.74) is 2.90. The predicted molar refractivity (Wildman–Crippen MR) is 117 cm³/mol. The minimum atomic E-state index is -0.197.